The van der Waals surface area contributed by atoms with Gasteiger partial charge < -0.3 is 24.8 Å². The van der Waals surface area contributed by atoms with Gasteiger partial charge in [-0.2, -0.15) is 0 Å². The van der Waals surface area contributed by atoms with Crippen LogP contribution < -0.4 is 20.1 Å². The number of nitrogens with zero attached hydrogens (tertiary/aromatic N) is 2. The van der Waals surface area contributed by atoms with Gasteiger partial charge in [0.15, 0.2) is 5.96 Å². The van der Waals surface area contributed by atoms with Gasteiger partial charge in [0, 0.05) is 58.5 Å². The van der Waals surface area contributed by atoms with Gasteiger partial charge in [-0.3, -0.25) is 9.89 Å². The molecule has 176 valence electrons. The van der Waals surface area contributed by atoms with E-state index in [1.807, 2.05) is 6.07 Å². The number of hydrogen-bond donors (Lipinski definition) is 2. The van der Waals surface area contributed by atoms with Crippen LogP contribution in [0.1, 0.15) is 38.2 Å². The number of likely N-dealkylation sites (tertiary alicyclic amines) is 1. The van der Waals surface area contributed by atoms with Crippen molar-refractivity contribution in [1.29, 1.82) is 0 Å². The Morgan fingerprint density at radius 2 is 1.87 bits per heavy atom. The Kier molecular flexibility index (Phi) is 10.6. The summed E-state index contributed by atoms with van der Waals surface area (Å²) in [5, 5.41) is 7.07. The van der Waals surface area contributed by atoms with E-state index >= 15 is 0 Å². The minimum Gasteiger partial charge on any atom is -0.497 e. The molecule has 1 aromatic rings. The van der Waals surface area contributed by atoms with Crippen molar-refractivity contribution >= 4 is 29.9 Å². The lowest BCUT2D eigenvalue weighted by molar-refractivity contribution is 0.174. The number of nitrogens with one attached hydrogen (secondary N) is 2. The van der Waals surface area contributed by atoms with Crippen LogP contribution in [-0.4, -0.2) is 71.0 Å². The first-order valence-corrected chi connectivity index (χ1v) is 11.1. The standard InChI is InChI=1S/C23H38N4O3.HI/c1-5-24-22(25-17-23(7-8-23)9-11-28-2)26-19-6-10-27(16-19)15-18-12-20(29-3)14-21(13-18)30-4;/h12-14,19H,5-11,15-17H2,1-4H3,(H2,24,25,26);1H. The van der Waals surface area contributed by atoms with Gasteiger partial charge in [0.05, 0.1) is 14.2 Å². The molecular weight excluding hydrogens is 507 g/mol. The van der Waals surface area contributed by atoms with Gasteiger partial charge >= 0.3 is 0 Å². The number of ether oxygens (including phenoxy) is 3. The van der Waals surface area contributed by atoms with Gasteiger partial charge in [-0.05, 0) is 55.7 Å². The van der Waals surface area contributed by atoms with Crippen molar-refractivity contribution in [2.45, 2.75) is 45.2 Å². The predicted molar refractivity (Wildman–Crippen MR) is 136 cm³/mol. The van der Waals surface area contributed by atoms with Crippen LogP contribution in [0.4, 0.5) is 0 Å². The minimum atomic E-state index is 0. The van der Waals surface area contributed by atoms with E-state index in [2.05, 4.69) is 34.6 Å². The second kappa shape index (κ2) is 12.7. The van der Waals surface area contributed by atoms with Gasteiger partial charge in [-0.15, -0.1) is 24.0 Å². The van der Waals surface area contributed by atoms with Crippen molar-refractivity contribution < 1.29 is 14.2 Å². The Hall–Kier alpha value is -1.26. The Labute approximate surface area is 204 Å². The number of halogens is 1. The summed E-state index contributed by atoms with van der Waals surface area (Å²) in [6.07, 6.45) is 4.74. The fourth-order valence-electron chi connectivity index (χ4n) is 4.05. The van der Waals surface area contributed by atoms with Crippen molar-refractivity contribution in [2.24, 2.45) is 10.4 Å². The Bertz CT molecular complexity index is 690. The smallest absolute Gasteiger partial charge is 0.191 e. The maximum Gasteiger partial charge on any atom is 0.191 e. The molecule has 0 radical (unpaired) electrons. The Balaban J connectivity index is 0.00000341. The van der Waals surface area contributed by atoms with Crippen molar-refractivity contribution in [3.05, 3.63) is 23.8 Å². The van der Waals surface area contributed by atoms with Crippen LogP contribution in [-0.2, 0) is 11.3 Å². The Morgan fingerprint density at radius 1 is 1.16 bits per heavy atom. The number of aliphatic imine (C=N–C) groups is 1. The van der Waals surface area contributed by atoms with E-state index in [4.69, 9.17) is 19.2 Å². The first-order valence-electron chi connectivity index (χ1n) is 11.1. The van der Waals surface area contributed by atoms with Crippen LogP contribution in [0.3, 0.4) is 0 Å². The highest BCUT2D eigenvalue weighted by atomic mass is 127. The van der Waals surface area contributed by atoms with Crippen LogP contribution in [0, 0.1) is 5.41 Å². The molecule has 0 spiro atoms. The molecular formula is C23H39IN4O3. The summed E-state index contributed by atoms with van der Waals surface area (Å²) in [6, 6.07) is 6.49. The second-order valence-corrected chi connectivity index (χ2v) is 8.52. The lowest BCUT2D eigenvalue weighted by atomic mass is 10.0. The SMILES string of the molecule is CCNC(=NCC1(CCOC)CC1)NC1CCN(Cc2cc(OC)cc(OC)c2)C1.I. The molecule has 2 N–H and O–H groups in total. The molecule has 0 bridgehead atoms. The van der Waals surface area contributed by atoms with E-state index in [0.717, 1.165) is 69.6 Å². The molecule has 8 heteroatoms. The van der Waals surface area contributed by atoms with E-state index in [0.29, 0.717) is 11.5 Å². The minimum absolute atomic E-state index is 0. The molecule has 1 unspecified atom stereocenters. The molecule has 31 heavy (non-hydrogen) atoms. The third kappa shape index (κ3) is 7.98. The number of benzene rings is 1. The molecule has 0 aromatic heterocycles. The predicted octanol–water partition coefficient (Wildman–Crippen LogP) is 3.27. The molecule has 1 atom stereocenters. The zero-order chi connectivity index (χ0) is 21.4. The van der Waals surface area contributed by atoms with Crippen LogP contribution in [0.15, 0.2) is 23.2 Å². The van der Waals surface area contributed by atoms with E-state index in [1.165, 1.54) is 18.4 Å². The van der Waals surface area contributed by atoms with Gasteiger partial charge in [-0.1, -0.05) is 0 Å². The molecule has 1 aliphatic heterocycles. The summed E-state index contributed by atoms with van der Waals surface area (Å²) in [7, 11) is 5.16. The number of methoxy groups -OCH3 is 3. The summed E-state index contributed by atoms with van der Waals surface area (Å²) in [4.78, 5) is 7.37. The maximum absolute atomic E-state index is 5.40. The average Bonchev–Trinajstić information content (AvgIpc) is 3.41. The highest BCUT2D eigenvalue weighted by Crippen LogP contribution is 2.48. The summed E-state index contributed by atoms with van der Waals surface area (Å²) in [5.41, 5.74) is 1.58. The summed E-state index contributed by atoms with van der Waals surface area (Å²) in [6.45, 7) is 7.65. The van der Waals surface area contributed by atoms with Gasteiger partial charge in [0.1, 0.15) is 11.5 Å². The van der Waals surface area contributed by atoms with Crippen LogP contribution in [0.2, 0.25) is 0 Å². The van der Waals surface area contributed by atoms with E-state index in [1.54, 1.807) is 21.3 Å². The molecule has 2 aliphatic rings. The second-order valence-electron chi connectivity index (χ2n) is 8.52. The fourth-order valence-corrected chi connectivity index (χ4v) is 4.05. The number of hydrogen-bond acceptors (Lipinski definition) is 5. The first-order chi connectivity index (χ1) is 14.6. The molecule has 7 nitrogen and oxygen atoms in total. The van der Waals surface area contributed by atoms with Crippen molar-refractivity contribution in [1.82, 2.24) is 15.5 Å². The lowest BCUT2D eigenvalue weighted by Gasteiger charge is -2.20. The van der Waals surface area contributed by atoms with Crippen molar-refractivity contribution in [3.8, 4) is 11.5 Å². The quantitative estimate of drug-likeness (QED) is 0.253. The van der Waals surface area contributed by atoms with Gasteiger partial charge in [0.25, 0.3) is 0 Å². The third-order valence-electron chi connectivity index (χ3n) is 6.14. The molecule has 0 amide bonds. The zero-order valence-corrected chi connectivity index (χ0v) is 21.7. The Morgan fingerprint density at radius 3 is 2.45 bits per heavy atom. The average molecular weight is 546 g/mol. The maximum atomic E-state index is 5.40. The molecule has 1 aromatic carbocycles. The van der Waals surface area contributed by atoms with E-state index < -0.39 is 0 Å². The summed E-state index contributed by atoms with van der Waals surface area (Å²) < 4.78 is 16.1. The van der Waals surface area contributed by atoms with E-state index in [9.17, 15) is 0 Å². The molecule has 1 saturated heterocycles. The highest BCUT2D eigenvalue weighted by Gasteiger charge is 2.41. The largest absolute Gasteiger partial charge is 0.497 e. The van der Waals surface area contributed by atoms with Gasteiger partial charge in [-0.25, -0.2) is 0 Å². The normalized spacial score (nSPS) is 20.1. The molecule has 1 saturated carbocycles. The molecule has 1 heterocycles. The highest BCUT2D eigenvalue weighted by molar-refractivity contribution is 14.0. The van der Waals surface area contributed by atoms with Crippen LogP contribution in [0.25, 0.3) is 0 Å². The summed E-state index contributed by atoms with van der Waals surface area (Å²) >= 11 is 0. The number of guanidine groups is 1. The van der Waals surface area contributed by atoms with Crippen LogP contribution in [0.5, 0.6) is 11.5 Å². The third-order valence-corrected chi connectivity index (χ3v) is 6.14. The fraction of sp³-hybridized carbons (Fsp3) is 0.696. The van der Waals surface area contributed by atoms with Gasteiger partial charge in [0.2, 0.25) is 0 Å². The first kappa shape index (κ1) is 26.0. The molecule has 2 fully saturated rings. The van der Waals surface area contributed by atoms with Crippen molar-refractivity contribution in [2.75, 3.05) is 54.1 Å². The topological polar surface area (TPSA) is 67.4 Å². The summed E-state index contributed by atoms with van der Waals surface area (Å²) in [5.74, 6) is 2.61. The lowest BCUT2D eigenvalue weighted by Crippen LogP contribution is -2.44. The number of rotatable bonds is 11. The molecule has 3 rings (SSSR count). The van der Waals surface area contributed by atoms with Crippen LogP contribution >= 0.6 is 24.0 Å². The van der Waals surface area contributed by atoms with E-state index in [-0.39, 0.29) is 24.0 Å². The van der Waals surface area contributed by atoms with Crippen molar-refractivity contribution in [3.63, 3.8) is 0 Å². The monoisotopic (exact) mass is 546 g/mol. The zero-order valence-electron chi connectivity index (χ0n) is 19.4. The molecule has 1 aliphatic carbocycles.